The fourth-order valence-corrected chi connectivity index (χ4v) is 4.16. The number of aromatic nitrogens is 2. The number of likely N-dealkylation sites (tertiary alicyclic amines) is 1. The molecule has 1 aliphatic heterocycles. The highest BCUT2D eigenvalue weighted by Crippen LogP contribution is 2.31. The van der Waals surface area contributed by atoms with Crippen LogP contribution in [-0.2, 0) is 18.4 Å². The standard InChI is InChI=1S/C25H30N4O2/c1-18-21(16-26-28(18)2)17-29-13-11-19(12-14-29)25(30)27-24-10-5-4-9-23(24)20-7-6-8-22(15-20)31-3/h4-10,15-16,19H,11-14,17H2,1-3H3,(H,27,30). The van der Waals surface area contributed by atoms with E-state index < -0.39 is 0 Å². The van der Waals surface area contributed by atoms with Crippen LogP contribution in [0.5, 0.6) is 5.75 Å². The van der Waals surface area contributed by atoms with Gasteiger partial charge < -0.3 is 10.1 Å². The van der Waals surface area contributed by atoms with Crippen LogP contribution >= 0.6 is 0 Å². The molecule has 0 atom stereocenters. The van der Waals surface area contributed by atoms with Crippen molar-refractivity contribution in [3.63, 3.8) is 0 Å². The fourth-order valence-electron chi connectivity index (χ4n) is 4.16. The van der Waals surface area contributed by atoms with Gasteiger partial charge in [-0.3, -0.25) is 14.4 Å². The van der Waals surface area contributed by atoms with E-state index in [0.717, 1.165) is 55.0 Å². The third kappa shape index (κ3) is 4.80. The van der Waals surface area contributed by atoms with Crippen LogP contribution in [0.2, 0.25) is 0 Å². The molecule has 2 aromatic carbocycles. The van der Waals surface area contributed by atoms with E-state index >= 15 is 0 Å². The molecule has 4 rings (SSSR count). The molecule has 0 radical (unpaired) electrons. The largest absolute Gasteiger partial charge is 0.497 e. The second-order valence-corrected chi connectivity index (χ2v) is 8.20. The number of methoxy groups -OCH3 is 1. The summed E-state index contributed by atoms with van der Waals surface area (Å²) in [5, 5.41) is 7.52. The van der Waals surface area contributed by atoms with Crippen molar-refractivity contribution in [3.8, 4) is 16.9 Å². The van der Waals surface area contributed by atoms with Gasteiger partial charge in [-0.15, -0.1) is 0 Å². The Kier molecular flexibility index (Phi) is 6.37. The Morgan fingerprint density at radius 3 is 2.65 bits per heavy atom. The number of rotatable bonds is 6. The Hall–Kier alpha value is -3.12. The van der Waals surface area contributed by atoms with Crippen LogP contribution in [0.15, 0.2) is 54.7 Å². The predicted octanol–water partition coefficient (Wildman–Crippen LogP) is 4.25. The molecule has 31 heavy (non-hydrogen) atoms. The molecule has 162 valence electrons. The summed E-state index contributed by atoms with van der Waals surface area (Å²) in [4.78, 5) is 15.4. The summed E-state index contributed by atoms with van der Waals surface area (Å²) in [5.74, 6) is 0.937. The number of carbonyl (C=O) groups is 1. The molecule has 2 heterocycles. The van der Waals surface area contributed by atoms with E-state index in [1.807, 2.05) is 66.5 Å². The number of nitrogens with one attached hydrogen (secondary N) is 1. The molecule has 1 aliphatic rings. The molecule has 0 saturated carbocycles. The second-order valence-electron chi connectivity index (χ2n) is 8.20. The van der Waals surface area contributed by atoms with Crippen LogP contribution in [0.3, 0.4) is 0 Å². The van der Waals surface area contributed by atoms with E-state index in [9.17, 15) is 4.79 Å². The first-order chi connectivity index (χ1) is 15.0. The van der Waals surface area contributed by atoms with Gasteiger partial charge in [-0.1, -0.05) is 30.3 Å². The summed E-state index contributed by atoms with van der Waals surface area (Å²) < 4.78 is 7.27. The normalized spacial score (nSPS) is 15.1. The molecular weight excluding hydrogens is 388 g/mol. The third-order valence-electron chi connectivity index (χ3n) is 6.25. The number of piperidine rings is 1. The summed E-state index contributed by atoms with van der Waals surface area (Å²) in [6, 6.07) is 15.9. The average molecular weight is 419 g/mol. The van der Waals surface area contributed by atoms with Crippen LogP contribution in [0.1, 0.15) is 24.1 Å². The first kappa shape index (κ1) is 21.1. The first-order valence-electron chi connectivity index (χ1n) is 10.8. The van der Waals surface area contributed by atoms with E-state index in [2.05, 4.69) is 22.2 Å². The van der Waals surface area contributed by atoms with Crippen LogP contribution in [-0.4, -0.2) is 40.8 Å². The van der Waals surface area contributed by atoms with Gasteiger partial charge in [-0.05, 0) is 56.6 Å². The van der Waals surface area contributed by atoms with Crippen LogP contribution in [0, 0.1) is 12.8 Å². The van der Waals surface area contributed by atoms with Gasteiger partial charge in [-0.25, -0.2) is 0 Å². The highest BCUT2D eigenvalue weighted by Gasteiger charge is 2.26. The number of para-hydroxylation sites is 1. The molecule has 1 N–H and O–H groups in total. The van der Waals surface area contributed by atoms with E-state index in [1.165, 1.54) is 11.3 Å². The summed E-state index contributed by atoms with van der Waals surface area (Å²) in [6.07, 6.45) is 3.68. The maximum Gasteiger partial charge on any atom is 0.227 e. The Labute approximate surface area is 183 Å². The Morgan fingerprint density at radius 1 is 1.16 bits per heavy atom. The fraction of sp³-hybridized carbons (Fsp3) is 0.360. The molecular formula is C25H30N4O2. The lowest BCUT2D eigenvalue weighted by Gasteiger charge is -2.31. The van der Waals surface area contributed by atoms with Gasteiger partial charge in [-0.2, -0.15) is 5.10 Å². The lowest BCUT2D eigenvalue weighted by Crippen LogP contribution is -2.37. The molecule has 6 heteroatoms. The molecule has 6 nitrogen and oxygen atoms in total. The van der Waals surface area contributed by atoms with E-state index in [1.54, 1.807) is 7.11 Å². The molecule has 0 aliphatic carbocycles. The summed E-state index contributed by atoms with van der Waals surface area (Å²) in [5.41, 5.74) is 5.33. The van der Waals surface area contributed by atoms with Crippen molar-refractivity contribution in [2.45, 2.75) is 26.3 Å². The minimum atomic E-state index is 0.0320. The van der Waals surface area contributed by atoms with Crippen molar-refractivity contribution >= 4 is 11.6 Å². The Balaban J connectivity index is 1.39. The predicted molar refractivity (Wildman–Crippen MR) is 123 cm³/mol. The number of amides is 1. The van der Waals surface area contributed by atoms with Gasteiger partial charge in [0.25, 0.3) is 0 Å². The van der Waals surface area contributed by atoms with Gasteiger partial charge in [0.2, 0.25) is 5.91 Å². The minimum Gasteiger partial charge on any atom is -0.497 e. The van der Waals surface area contributed by atoms with Crippen molar-refractivity contribution < 1.29 is 9.53 Å². The monoisotopic (exact) mass is 418 g/mol. The third-order valence-corrected chi connectivity index (χ3v) is 6.25. The van der Waals surface area contributed by atoms with Crippen molar-refractivity contribution in [2.24, 2.45) is 13.0 Å². The SMILES string of the molecule is COc1cccc(-c2ccccc2NC(=O)C2CCN(Cc3cnn(C)c3C)CC2)c1. The van der Waals surface area contributed by atoms with Gasteiger partial charge in [0.15, 0.2) is 0 Å². The average Bonchev–Trinajstić information content (AvgIpc) is 3.12. The molecule has 1 aromatic heterocycles. The number of hydrogen-bond donors (Lipinski definition) is 1. The number of hydrogen-bond acceptors (Lipinski definition) is 4. The van der Waals surface area contributed by atoms with E-state index in [4.69, 9.17) is 4.74 Å². The topological polar surface area (TPSA) is 59.4 Å². The molecule has 0 unspecified atom stereocenters. The van der Waals surface area contributed by atoms with Gasteiger partial charge in [0.05, 0.1) is 13.3 Å². The summed E-state index contributed by atoms with van der Waals surface area (Å²) in [7, 11) is 3.63. The Bertz CT molecular complexity index is 1050. The Morgan fingerprint density at radius 2 is 1.94 bits per heavy atom. The first-order valence-corrected chi connectivity index (χ1v) is 10.8. The van der Waals surface area contributed by atoms with Crippen molar-refractivity contribution in [2.75, 3.05) is 25.5 Å². The molecule has 1 fully saturated rings. The quantitative estimate of drug-likeness (QED) is 0.650. The smallest absolute Gasteiger partial charge is 0.227 e. The molecule has 1 amide bonds. The molecule has 0 bridgehead atoms. The van der Waals surface area contributed by atoms with Crippen molar-refractivity contribution in [1.82, 2.24) is 14.7 Å². The summed E-state index contributed by atoms with van der Waals surface area (Å²) >= 11 is 0. The molecule has 3 aromatic rings. The van der Waals surface area contributed by atoms with Gasteiger partial charge in [0.1, 0.15) is 5.75 Å². The van der Waals surface area contributed by atoms with Crippen molar-refractivity contribution in [3.05, 3.63) is 66.0 Å². The van der Waals surface area contributed by atoms with Gasteiger partial charge in [0, 0.05) is 42.0 Å². The zero-order valence-corrected chi connectivity index (χ0v) is 18.5. The van der Waals surface area contributed by atoms with Gasteiger partial charge >= 0.3 is 0 Å². The molecule has 0 spiro atoms. The van der Waals surface area contributed by atoms with Crippen LogP contribution in [0.25, 0.3) is 11.1 Å². The highest BCUT2D eigenvalue weighted by molar-refractivity contribution is 5.96. The highest BCUT2D eigenvalue weighted by atomic mass is 16.5. The lowest BCUT2D eigenvalue weighted by atomic mass is 9.95. The van der Waals surface area contributed by atoms with Crippen LogP contribution < -0.4 is 10.1 Å². The number of carbonyl (C=O) groups excluding carboxylic acids is 1. The zero-order valence-electron chi connectivity index (χ0n) is 18.5. The maximum atomic E-state index is 13.0. The number of ether oxygens (including phenoxy) is 1. The minimum absolute atomic E-state index is 0.0320. The number of benzene rings is 2. The number of nitrogens with zero attached hydrogens (tertiary/aromatic N) is 3. The maximum absolute atomic E-state index is 13.0. The zero-order chi connectivity index (χ0) is 21.8. The van der Waals surface area contributed by atoms with Crippen LogP contribution in [0.4, 0.5) is 5.69 Å². The lowest BCUT2D eigenvalue weighted by molar-refractivity contribution is -0.121. The number of anilines is 1. The number of aryl methyl sites for hydroxylation is 1. The molecule has 1 saturated heterocycles. The van der Waals surface area contributed by atoms with E-state index in [0.29, 0.717) is 0 Å². The summed E-state index contributed by atoms with van der Waals surface area (Å²) in [6.45, 7) is 4.84. The second kappa shape index (κ2) is 9.35. The van der Waals surface area contributed by atoms with Crippen molar-refractivity contribution in [1.29, 1.82) is 0 Å². The van der Waals surface area contributed by atoms with E-state index in [-0.39, 0.29) is 11.8 Å².